The van der Waals surface area contributed by atoms with Gasteiger partial charge < -0.3 is 19.8 Å². The number of aromatic nitrogens is 1. The van der Waals surface area contributed by atoms with Gasteiger partial charge in [-0.25, -0.2) is 9.18 Å². The van der Waals surface area contributed by atoms with Gasteiger partial charge in [-0.2, -0.15) is 0 Å². The van der Waals surface area contributed by atoms with Gasteiger partial charge in [-0.05, 0) is 50.5 Å². The van der Waals surface area contributed by atoms with Gasteiger partial charge in [0.1, 0.15) is 17.3 Å². The second-order valence-corrected chi connectivity index (χ2v) is 6.32. The van der Waals surface area contributed by atoms with Crippen molar-refractivity contribution in [2.45, 2.75) is 32.7 Å². The number of aromatic amines is 1. The van der Waals surface area contributed by atoms with E-state index in [2.05, 4.69) is 10.3 Å². The van der Waals surface area contributed by atoms with E-state index in [1.165, 1.54) is 19.2 Å². The number of hydrogen-bond donors (Lipinski definition) is 2. The van der Waals surface area contributed by atoms with E-state index in [0.717, 1.165) is 6.42 Å². The summed E-state index contributed by atoms with van der Waals surface area (Å²) in [7, 11) is 1.30. The maximum atomic E-state index is 13.7. The van der Waals surface area contributed by atoms with Gasteiger partial charge >= 0.3 is 5.97 Å². The molecular formula is C19H21FN2O4. The highest BCUT2D eigenvalue weighted by Gasteiger charge is 2.26. The number of carbonyl (C=O) groups is 2. The third-order valence-corrected chi connectivity index (χ3v) is 4.60. The van der Waals surface area contributed by atoms with Crippen molar-refractivity contribution < 1.29 is 23.5 Å². The van der Waals surface area contributed by atoms with Crippen LogP contribution in [0.15, 0.2) is 18.2 Å². The molecule has 2 heterocycles. The molecule has 1 atom stereocenters. The minimum atomic E-state index is -0.495. The van der Waals surface area contributed by atoms with Crippen molar-refractivity contribution in [1.82, 2.24) is 10.3 Å². The minimum Gasteiger partial charge on any atom is -0.493 e. The summed E-state index contributed by atoms with van der Waals surface area (Å²) in [6.45, 7) is 3.91. The van der Waals surface area contributed by atoms with Gasteiger partial charge in [0, 0.05) is 11.3 Å². The van der Waals surface area contributed by atoms with E-state index >= 15 is 0 Å². The largest absolute Gasteiger partial charge is 0.493 e. The van der Waals surface area contributed by atoms with Crippen molar-refractivity contribution in [3.05, 3.63) is 52.1 Å². The van der Waals surface area contributed by atoms with Crippen LogP contribution in [0, 0.1) is 19.7 Å². The SMILES string of the molecule is COC(=O)c1c(C)[nH]c(C(=O)N[C@@H]2CCCOc3ccc(F)cc32)c1C. The van der Waals surface area contributed by atoms with E-state index in [1.54, 1.807) is 19.9 Å². The van der Waals surface area contributed by atoms with Crippen molar-refractivity contribution >= 4 is 11.9 Å². The molecule has 3 rings (SSSR count). The molecule has 2 aromatic rings. The van der Waals surface area contributed by atoms with Crippen LogP contribution in [0.2, 0.25) is 0 Å². The Morgan fingerprint density at radius 3 is 2.85 bits per heavy atom. The van der Waals surface area contributed by atoms with Crippen LogP contribution in [-0.4, -0.2) is 30.6 Å². The molecule has 1 aliphatic heterocycles. The highest BCUT2D eigenvalue weighted by atomic mass is 19.1. The molecule has 0 saturated carbocycles. The van der Waals surface area contributed by atoms with Gasteiger partial charge in [0.25, 0.3) is 5.91 Å². The molecule has 1 aromatic heterocycles. The highest BCUT2D eigenvalue weighted by molar-refractivity contribution is 6.00. The second kappa shape index (κ2) is 7.19. The number of aryl methyl sites for hydroxylation is 1. The number of halogens is 1. The van der Waals surface area contributed by atoms with Crippen molar-refractivity contribution in [1.29, 1.82) is 0 Å². The van der Waals surface area contributed by atoms with E-state index in [4.69, 9.17) is 9.47 Å². The molecular weight excluding hydrogens is 339 g/mol. The number of hydrogen-bond acceptors (Lipinski definition) is 4. The summed E-state index contributed by atoms with van der Waals surface area (Å²) in [6, 6.07) is 3.93. The lowest BCUT2D eigenvalue weighted by Crippen LogP contribution is -2.29. The minimum absolute atomic E-state index is 0.297. The maximum absolute atomic E-state index is 13.7. The molecule has 1 aliphatic rings. The van der Waals surface area contributed by atoms with Crippen LogP contribution in [0.25, 0.3) is 0 Å². The summed E-state index contributed by atoms with van der Waals surface area (Å²) in [5.41, 5.74) is 2.36. The summed E-state index contributed by atoms with van der Waals surface area (Å²) in [4.78, 5) is 27.6. The van der Waals surface area contributed by atoms with E-state index in [1.807, 2.05) is 0 Å². The molecule has 0 bridgehead atoms. The van der Waals surface area contributed by atoms with Gasteiger partial charge in [0.05, 0.1) is 25.3 Å². The first kappa shape index (κ1) is 18.0. The lowest BCUT2D eigenvalue weighted by molar-refractivity contribution is 0.0599. The Hall–Kier alpha value is -2.83. The maximum Gasteiger partial charge on any atom is 0.339 e. The number of carbonyl (C=O) groups excluding carboxylic acids is 2. The Labute approximate surface area is 150 Å². The number of nitrogens with one attached hydrogen (secondary N) is 2. The number of rotatable bonds is 3. The van der Waals surface area contributed by atoms with Gasteiger partial charge in [-0.1, -0.05) is 0 Å². The number of benzene rings is 1. The standard InChI is InChI=1S/C19H21FN2O4/c1-10-16(19(24)25-3)11(2)21-17(10)18(23)22-14-5-4-8-26-15-7-6-12(20)9-13(14)15/h6-7,9,14,21H,4-5,8H2,1-3H3,(H,22,23)/t14-/m1/s1. The van der Waals surface area contributed by atoms with Crippen molar-refractivity contribution in [3.63, 3.8) is 0 Å². The summed E-state index contributed by atoms with van der Waals surface area (Å²) >= 11 is 0. The van der Waals surface area contributed by atoms with E-state index in [-0.39, 0.29) is 17.8 Å². The second-order valence-electron chi connectivity index (χ2n) is 6.32. The van der Waals surface area contributed by atoms with Crippen LogP contribution in [0.4, 0.5) is 4.39 Å². The first-order valence-electron chi connectivity index (χ1n) is 8.43. The fraction of sp³-hybridized carbons (Fsp3) is 0.368. The van der Waals surface area contributed by atoms with E-state index in [9.17, 15) is 14.0 Å². The number of amides is 1. The average molecular weight is 360 g/mol. The predicted octanol–water partition coefficient (Wildman–Crippen LogP) is 3.20. The van der Waals surface area contributed by atoms with Gasteiger partial charge in [-0.3, -0.25) is 4.79 Å². The Bertz CT molecular complexity index is 859. The molecule has 0 radical (unpaired) electrons. The van der Waals surface area contributed by atoms with Gasteiger partial charge in [0.15, 0.2) is 0 Å². The molecule has 7 heteroatoms. The number of methoxy groups -OCH3 is 1. The van der Waals surface area contributed by atoms with Crippen LogP contribution in [0.3, 0.4) is 0 Å². The fourth-order valence-corrected chi connectivity index (χ4v) is 3.31. The smallest absolute Gasteiger partial charge is 0.339 e. The van der Waals surface area contributed by atoms with Crippen molar-refractivity contribution in [2.24, 2.45) is 0 Å². The van der Waals surface area contributed by atoms with E-state index < -0.39 is 5.97 Å². The Balaban J connectivity index is 1.89. The van der Waals surface area contributed by atoms with Crippen LogP contribution in [-0.2, 0) is 4.74 Å². The van der Waals surface area contributed by atoms with Crippen molar-refractivity contribution in [3.8, 4) is 5.75 Å². The van der Waals surface area contributed by atoms with Crippen LogP contribution in [0.1, 0.15) is 56.6 Å². The Morgan fingerprint density at radius 1 is 1.35 bits per heavy atom. The molecule has 0 aliphatic carbocycles. The molecule has 1 aromatic carbocycles. The van der Waals surface area contributed by atoms with Crippen LogP contribution in [0.5, 0.6) is 5.75 Å². The monoisotopic (exact) mass is 360 g/mol. The third-order valence-electron chi connectivity index (χ3n) is 4.60. The molecule has 0 unspecified atom stereocenters. The van der Waals surface area contributed by atoms with Gasteiger partial charge in [0.2, 0.25) is 0 Å². The summed E-state index contributed by atoms with van der Waals surface area (Å²) in [6.07, 6.45) is 1.36. The quantitative estimate of drug-likeness (QED) is 0.824. The molecule has 1 amide bonds. The predicted molar refractivity (Wildman–Crippen MR) is 92.9 cm³/mol. The number of H-pyrrole nitrogens is 1. The molecule has 0 saturated heterocycles. The molecule has 6 nitrogen and oxygen atoms in total. The zero-order chi connectivity index (χ0) is 18.8. The first-order chi connectivity index (χ1) is 12.4. The molecule has 26 heavy (non-hydrogen) atoms. The molecule has 0 spiro atoms. The zero-order valence-electron chi connectivity index (χ0n) is 14.9. The van der Waals surface area contributed by atoms with Crippen LogP contribution < -0.4 is 10.1 Å². The Morgan fingerprint density at radius 2 is 2.12 bits per heavy atom. The Kier molecular flexibility index (Phi) is 4.97. The fourth-order valence-electron chi connectivity index (χ4n) is 3.31. The number of fused-ring (bicyclic) bond motifs is 1. The zero-order valence-corrected chi connectivity index (χ0v) is 14.9. The summed E-state index contributed by atoms with van der Waals surface area (Å²) < 4.78 is 24.1. The molecule has 0 fully saturated rings. The molecule has 2 N–H and O–H groups in total. The van der Waals surface area contributed by atoms with Gasteiger partial charge in [-0.15, -0.1) is 0 Å². The average Bonchev–Trinajstić information content (AvgIpc) is 2.78. The molecule has 138 valence electrons. The lowest BCUT2D eigenvalue weighted by Gasteiger charge is -2.18. The topological polar surface area (TPSA) is 80.4 Å². The highest BCUT2D eigenvalue weighted by Crippen LogP contribution is 2.32. The first-order valence-corrected chi connectivity index (χ1v) is 8.43. The normalized spacial score (nSPS) is 16.2. The number of esters is 1. The lowest BCUT2D eigenvalue weighted by atomic mass is 10.0. The number of ether oxygens (including phenoxy) is 2. The van der Waals surface area contributed by atoms with Crippen LogP contribution >= 0.6 is 0 Å². The summed E-state index contributed by atoms with van der Waals surface area (Å²) in [5, 5.41) is 2.93. The van der Waals surface area contributed by atoms with Crippen molar-refractivity contribution in [2.75, 3.05) is 13.7 Å². The third kappa shape index (κ3) is 3.29. The summed E-state index contributed by atoms with van der Waals surface area (Å²) in [5.74, 6) is -0.661. The van der Waals surface area contributed by atoms with E-state index in [0.29, 0.717) is 46.9 Å².